The van der Waals surface area contributed by atoms with Crippen LogP contribution in [0.1, 0.15) is 0 Å². The van der Waals surface area contributed by atoms with Crippen molar-refractivity contribution in [3.05, 3.63) is 0 Å². The van der Waals surface area contributed by atoms with Crippen molar-refractivity contribution in [1.29, 1.82) is 0 Å². The van der Waals surface area contributed by atoms with Gasteiger partial charge in [0.05, 0.1) is 0 Å². The maximum Gasteiger partial charge on any atom is 3.00 e. The van der Waals surface area contributed by atoms with Crippen LogP contribution in [0.3, 0.4) is 0 Å². The van der Waals surface area contributed by atoms with E-state index in [9.17, 15) is 0 Å². The van der Waals surface area contributed by atoms with Crippen molar-refractivity contribution in [1.82, 2.24) is 14.7 Å². The van der Waals surface area contributed by atoms with Crippen LogP contribution in [0.15, 0.2) is 0 Å². The summed E-state index contributed by atoms with van der Waals surface area (Å²) in [6, 6.07) is 0. The third-order valence-electron chi connectivity index (χ3n) is 1.10. The quantitative estimate of drug-likeness (QED) is 0.336. The molecule has 0 aliphatic heterocycles. The zero-order chi connectivity index (χ0) is 15.5. The van der Waals surface area contributed by atoms with Crippen molar-refractivity contribution in [2.45, 2.75) is 0 Å². The van der Waals surface area contributed by atoms with E-state index >= 15 is 0 Å². The van der Waals surface area contributed by atoms with E-state index in [2.05, 4.69) is 74.5 Å². The third-order valence-corrected chi connectivity index (χ3v) is 3.29. The summed E-state index contributed by atoms with van der Waals surface area (Å²) < 4.78 is 1.53. The second kappa shape index (κ2) is 16.9. The third kappa shape index (κ3) is 32.4. The minimum absolute atomic E-state index is 0. The van der Waals surface area contributed by atoms with Crippen LogP contribution in [0, 0.1) is 0 Å². The van der Waals surface area contributed by atoms with Crippen LogP contribution in [0.4, 0.5) is 0 Å². The molecular weight excluding hydrogens is 370 g/mol. The SMILES string of the molecule is CN(C)C(=S)[S-].CN(C)C(=S)[S-].CN(C)C(=S)[S-].[Al+3]. The molecule has 0 aromatic rings. The Morgan fingerprint density at radius 2 is 0.632 bits per heavy atom. The van der Waals surface area contributed by atoms with Gasteiger partial charge in [0.2, 0.25) is 0 Å². The zero-order valence-corrected chi connectivity index (χ0v) is 17.9. The standard InChI is InChI=1S/3C3H7NS2.Al/c3*1-4(2)3(5)6;/h3*1-2H3,(H,5,6);/q;;;+3/p-3. The summed E-state index contributed by atoms with van der Waals surface area (Å²) in [6.45, 7) is 0. The molecule has 0 atom stereocenters. The van der Waals surface area contributed by atoms with Crippen molar-refractivity contribution in [2.75, 3.05) is 42.3 Å². The summed E-state index contributed by atoms with van der Waals surface area (Å²) in [5.74, 6) is 0. The van der Waals surface area contributed by atoms with Gasteiger partial charge < -0.3 is 89.2 Å². The predicted molar refractivity (Wildman–Crippen MR) is 107 cm³/mol. The first-order chi connectivity index (χ1) is 7.93. The topological polar surface area (TPSA) is 9.72 Å². The maximum absolute atomic E-state index is 4.56. The Morgan fingerprint density at radius 3 is 0.632 bits per heavy atom. The van der Waals surface area contributed by atoms with Crippen molar-refractivity contribution >= 4 is 105 Å². The van der Waals surface area contributed by atoms with E-state index in [1.807, 2.05) is 42.3 Å². The molecule has 19 heavy (non-hydrogen) atoms. The molecule has 0 fully saturated rings. The van der Waals surface area contributed by atoms with E-state index < -0.39 is 0 Å². The van der Waals surface area contributed by atoms with Crippen molar-refractivity contribution < 1.29 is 0 Å². The molecule has 0 aliphatic carbocycles. The smallest absolute Gasteiger partial charge is 0.411 e. The van der Waals surface area contributed by atoms with Gasteiger partial charge in [-0.3, -0.25) is 0 Å². The second-order valence-corrected chi connectivity index (χ2v) is 6.58. The van der Waals surface area contributed by atoms with Gasteiger partial charge in [-0.25, -0.2) is 0 Å². The molecule has 0 N–H and O–H groups in total. The van der Waals surface area contributed by atoms with E-state index in [-0.39, 0.29) is 17.4 Å². The molecule has 108 valence electrons. The van der Waals surface area contributed by atoms with Crippen molar-refractivity contribution in [3.63, 3.8) is 0 Å². The molecule has 0 radical (unpaired) electrons. The zero-order valence-electron chi connectivity index (χ0n) is 11.9. The normalized spacial score (nSPS) is 7.26. The molecule has 0 spiro atoms. The molecule has 0 saturated carbocycles. The van der Waals surface area contributed by atoms with Gasteiger partial charge in [0.25, 0.3) is 0 Å². The molecule has 0 unspecified atom stereocenters. The van der Waals surface area contributed by atoms with E-state index in [4.69, 9.17) is 0 Å². The van der Waals surface area contributed by atoms with Crippen LogP contribution in [-0.2, 0) is 37.9 Å². The summed E-state index contributed by atoms with van der Waals surface area (Å²) in [5, 5.41) is 0. The Kier molecular flexibility index (Phi) is 25.0. The van der Waals surface area contributed by atoms with Gasteiger partial charge in [0.15, 0.2) is 0 Å². The minimum atomic E-state index is 0. The van der Waals surface area contributed by atoms with Gasteiger partial charge in [-0.2, -0.15) is 0 Å². The average molecular weight is 388 g/mol. The van der Waals surface area contributed by atoms with Crippen LogP contribution in [0.25, 0.3) is 0 Å². The fraction of sp³-hybridized carbons (Fsp3) is 0.667. The van der Waals surface area contributed by atoms with Gasteiger partial charge in [0, 0.05) is 42.3 Å². The molecule has 0 aliphatic rings. The van der Waals surface area contributed by atoms with E-state index in [1.54, 1.807) is 14.7 Å². The fourth-order valence-electron chi connectivity index (χ4n) is 0. The molecule has 3 nitrogen and oxygen atoms in total. The molecule has 0 amide bonds. The summed E-state index contributed by atoms with van der Waals surface area (Å²) in [7, 11) is 11.0. The van der Waals surface area contributed by atoms with Gasteiger partial charge in [-0.1, -0.05) is 13.0 Å². The van der Waals surface area contributed by atoms with E-state index in [0.29, 0.717) is 13.0 Å². The predicted octanol–water partition coefficient (Wildman–Crippen LogP) is 0.759. The number of rotatable bonds is 0. The molecule has 0 rings (SSSR count). The van der Waals surface area contributed by atoms with Crippen LogP contribution < -0.4 is 0 Å². The molecule has 0 saturated heterocycles. The molecule has 0 aromatic heterocycles. The van der Waals surface area contributed by atoms with Gasteiger partial charge in [-0.05, 0) is 0 Å². The molecular formula is C9H18AlN3S6. The maximum atomic E-state index is 4.56. The first kappa shape index (κ1) is 28.1. The van der Waals surface area contributed by atoms with E-state index in [1.165, 1.54) is 0 Å². The largest absolute Gasteiger partial charge is 3.00 e. The van der Waals surface area contributed by atoms with Gasteiger partial charge in [0.1, 0.15) is 0 Å². The second-order valence-electron chi connectivity index (χ2n) is 3.48. The van der Waals surface area contributed by atoms with Crippen LogP contribution in [-0.4, -0.2) is 87.3 Å². The van der Waals surface area contributed by atoms with Crippen LogP contribution in [0.2, 0.25) is 0 Å². The molecule has 0 heterocycles. The number of hydrogen-bond donors (Lipinski definition) is 0. The van der Waals surface area contributed by atoms with Crippen molar-refractivity contribution in [2.24, 2.45) is 0 Å². The van der Waals surface area contributed by atoms with E-state index in [0.717, 1.165) is 0 Å². The van der Waals surface area contributed by atoms with Gasteiger partial charge >= 0.3 is 17.4 Å². The summed E-state index contributed by atoms with van der Waals surface area (Å²) >= 11 is 27.4. The van der Waals surface area contributed by atoms with Crippen LogP contribution >= 0.6 is 36.7 Å². The van der Waals surface area contributed by atoms with Crippen LogP contribution in [0.5, 0.6) is 0 Å². The Hall–Kier alpha value is 0.862. The number of thiocarbonyl (C=S) groups is 3. The Labute approximate surface area is 160 Å². The summed E-state index contributed by atoms with van der Waals surface area (Å²) in [4.78, 5) is 5.14. The monoisotopic (exact) mass is 387 g/mol. The fourth-order valence-corrected chi connectivity index (χ4v) is 0. The number of nitrogens with zero attached hydrogens (tertiary/aromatic N) is 3. The molecule has 0 bridgehead atoms. The first-order valence-electron chi connectivity index (χ1n) is 4.58. The minimum Gasteiger partial charge on any atom is -0.411 e. The van der Waals surface area contributed by atoms with Gasteiger partial charge in [-0.15, -0.1) is 0 Å². The summed E-state index contributed by atoms with van der Waals surface area (Å²) in [6.07, 6.45) is 0. The molecule has 0 aromatic carbocycles. The Bertz CT molecular complexity index is 228. The molecule has 10 heteroatoms. The number of hydrogen-bond acceptors (Lipinski definition) is 6. The van der Waals surface area contributed by atoms with Crippen molar-refractivity contribution in [3.8, 4) is 0 Å². The average Bonchev–Trinajstić information content (AvgIpc) is 2.18. The summed E-state index contributed by atoms with van der Waals surface area (Å²) in [5.41, 5.74) is 0. The Morgan fingerprint density at radius 1 is 0.579 bits per heavy atom. The Balaban J connectivity index is -0.0000000865. The first-order valence-corrected chi connectivity index (χ1v) is 7.03.